The van der Waals surface area contributed by atoms with Crippen LogP contribution in [0.4, 0.5) is 0 Å². The molecule has 0 spiro atoms. The Labute approximate surface area is 146 Å². The molecule has 3 nitrogen and oxygen atoms in total. The van der Waals surface area contributed by atoms with Gasteiger partial charge in [-0.25, -0.2) is 0 Å². The van der Waals surface area contributed by atoms with Crippen LogP contribution in [0.15, 0.2) is 54.6 Å². The molecule has 3 aromatic rings. The van der Waals surface area contributed by atoms with Crippen LogP contribution in [0.3, 0.4) is 0 Å². The van der Waals surface area contributed by atoms with E-state index in [4.69, 9.17) is 11.6 Å². The number of carbonyl (C=O) groups is 1. The molecule has 1 fully saturated rings. The van der Waals surface area contributed by atoms with E-state index in [-0.39, 0.29) is 11.9 Å². The van der Waals surface area contributed by atoms with E-state index in [2.05, 4.69) is 12.1 Å². The topological polar surface area (TPSA) is 25.2 Å². The lowest BCUT2D eigenvalue weighted by Gasteiger charge is -2.25. The zero-order valence-corrected chi connectivity index (χ0v) is 14.3. The van der Waals surface area contributed by atoms with Crippen LogP contribution in [0, 0.1) is 0 Å². The number of carbonyl (C=O) groups excluding carboxylic acids is 1. The monoisotopic (exact) mass is 338 g/mol. The van der Waals surface area contributed by atoms with Crippen LogP contribution in [0.2, 0.25) is 5.02 Å². The number of hydrogen-bond acceptors (Lipinski definition) is 1. The van der Waals surface area contributed by atoms with Gasteiger partial charge in [-0.1, -0.05) is 48.0 Å². The zero-order valence-electron chi connectivity index (χ0n) is 13.6. The molecule has 1 atom stereocenters. The molecule has 1 unspecified atom stereocenters. The first-order valence-corrected chi connectivity index (χ1v) is 8.64. The number of fused-ring (bicyclic) bond motifs is 1. The van der Waals surface area contributed by atoms with E-state index in [0.29, 0.717) is 5.02 Å². The van der Waals surface area contributed by atoms with E-state index in [9.17, 15) is 4.79 Å². The summed E-state index contributed by atoms with van der Waals surface area (Å²) >= 11 is 6.10. The molecule has 1 amide bonds. The predicted octanol–water partition coefficient (Wildman–Crippen LogP) is 4.81. The minimum atomic E-state index is 0.0937. The molecule has 1 saturated heterocycles. The van der Waals surface area contributed by atoms with E-state index in [1.165, 1.54) is 5.56 Å². The van der Waals surface area contributed by atoms with Gasteiger partial charge in [0.1, 0.15) is 5.69 Å². The fourth-order valence-electron chi connectivity index (χ4n) is 3.69. The highest BCUT2D eigenvalue weighted by molar-refractivity contribution is 6.31. The van der Waals surface area contributed by atoms with Crippen LogP contribution in [-0.2, 0) is 7.05 Å². The highest BCUT2D eigenvalue weighted by atomic mass is 35.5. The van der Waals surface area contributed by atoms with Crippen molar-refractivity contribution in [2.75, 3.05) is 6.54 Å². The van der Waals surface area contributed by atoms with Crippen molar-refractivity contribution in [1.29, 1.82) is 0 Å². The zero-order chi connectivity index (χ0) is 16.7. The average molecular weight is 339 g/mol. The van der Waals surface area contributed by atoms with Crippen molar-refractivity contribution in [3.05, 3.63) is 70.9 Å². The van der Waals surface area contributed by atoms with Gasteiger partial charge in [0.2, 0.25) is 0 Å². The first kappa shape index (κ1) is 15.3. The third-order valence-electron chi connectivity index (χ3n) is 4.92. The van der Waals surface area contributed by atoms with Crippen molar-refractivity contribution in [3.63, 3.8) is 0 Å². The van der Waals surface area contributed by atoms with Gasteiger partial charge in [-0.15, -0.1) is 0 Å². The highest BCUT2D eigenvalue weighted by Gasteiger charge is 2.31. The number of nitrogens with zero attached hydrogens (tertiary/aromatic N) is 2. The van der Waals surface area contributed by atoms with Crippen LogP contribution < -0.4 is 0 Å². The Balaban J connectivity index is 1.72. The van der Waals surface area contributed by atoms with Gasteiger partial charge < -0.3 is 9.47 Å². The Morgan fingerprint density at radius 3 is 2.71 bits per heavy atom. The number of hydrogen-bond donors (Lipinski definition) is 0. The fraction of sp³-hybridized carbons (Fsp3) is 0.250. The maximum Gasteiger partial charge on any atom is 0.271 e. The van der Waals surface area contributed by atoms with Crippen molar-refractivity contribution in [2.45, 2.75) is 18.9 Å². The maximum absolute atomic E-state index is 13.2. The molecule has 0 N–H and O–H groups in total. The summed E-state index contributed by atoms with van der Waals surface area (Å²) in [6, 6.07) is 18.2. The summed E-state index contributed by atoms with van der Waals surface area (Å²) in [7, 11) is 1.93. The second kappa shape index (κ2) is 5.99. The van der Waals surface area contributed by atoms with Crippen molar-refractivity contribution in [1.82, 2.24) is 9.47 Å². The summed E-state index contributed by atoms with van der Waals surface area (Å²) in [5.74, 6) is 0.0937. The number of halogens is 1. The van der Waals surface area contributed by atoms with Gasteiger partial charge in [0.25, 0.3) is 5.91 Å². The number of likely N-dealkylation sites (tertiary alicyclic amines) is 1. The van der Waals surface area contributed by atoms with Crippen molar-refractivity contribution < 1.29 is 4.79 Å². The fourth-order valence-corrected chi connectivity index (χ4v) is 3.85. The van der Waals surface area contributed by atoms with E-state index in [1.807, 2.05) is 59.0 Å². The molecule has 1 aliphatic rings. The summed E-state index contributed by atoms with van der Waals surface area (Å²) < 4.78 is 1.95. The standard InChI is InChI=1S/C20H19ClN2O/c1-22-18-13-16(21)10-9-15(18)12-19(22)20(24)23-11-5-8-17(23)14-6-3-2-4-7-14/h2-4,6-7,9-10,12-13,17H,5,8,11H2,1H3. The Morgan fingerprint density at radius 1 is 1.12 bits per heavy atom. The molecule has 1 aromatic heterocycles. The molecule has 24 heavy (non-hydrogen) atoms. The second-order valence-electron chi connectivity index (χ2n) is 6.36. The predicted molar refractivity (Wildman–Crippen MR) is 97.4 cm³/mol. The summed E-state index contributed by atoms with van der Waals surface area (Å²) in [4.78, 5) is 15.2. The largest absolute Gasteiger partial charge is 0.340 e. The molecular weight excluding hydrogens is 320 g/mol. The van der Waals surface area contributed by atoms with Crippen LogP contribution in [-0.4, -0.2) is 21.9 Å². The smallest absolute Gasteiger partial charge is 0.271 e. The average Bonchev–Trinajstić information content (AvgIpc) is 3.21. The Kier molecular flexibility index (Phi) is 3.81. The Hall–Kier alpha value is -2.26. The molecule has 4 heteroatoms. The number of amides is 1. The molecule has 1 aliphatic heterocycles. The molecule has 2 aromatic carbocycles. The molecule has 0 bridgehead atoms. The molecule has 0 radical (unpaired) electrons. The summed E-state index contributed by atoms with van der Waals surface area (Å²) in [6.45, 7) is 0.806. The number of aromatic nitrogens is 1. The van der Waals surface area contributed by atoms with Crippen molar-refractivity contribution in [3.8, 4) is 0 Å². The van der Waals surface area contributed by atoms with Crippen LogP contribution in [0.25, 0.3) is 10.9 Å². The summed E-state index contributed by atoms with van der Waals surface area (Å²) in [5, 5.41) is 1.73. The number of rotatable bonds is 2. The van der Waals surface area contributed by atoms with Crippen molar-refractivity contribution in [2.24, 2.45) is 7.05 Å². The Bertz CT molecular complexity index is 901. The normalized spacial score (nSPS) is 17.6. The molecule has 0 saturated carbocycles. The third-order valence-corrected chi connectivity index (χ3v) is 5.16. The Morgan fingerprint density at radius 2 is 1.92 bits per heavy atom. The minimum Gasteiger partial charge on any atom is -0.340 e. The van der Waals surface area contributed by atoms with Gasteiger partial charge in [-0.05, 0) is 36.6 Å². The minimum absolute atomic E-state index is 0.0937. The van der Waals surface area contributed by atoms with E-state index in [0.717, 1.165) is 36.0 Å². The SMILES string of the molecule is Cn1c(C(=O)N2CCCC2c2ccccc2)cc2ccc(Cl)cc21. The summed E-state index contributed by atoms with van der Waals surface area (Å²) in [6.07, 6.45) is 2.06. The van der Waals surface area contributed by atoms with Gasteiger partial charge in [0, 0.05) is 29.5 Å². The number of benzene rings is 2. The maximum atomic E-state index is 13.2. The quantitative estimate of drug-likeness (QED) is 0.658. The van der Waals surface area contributed by atoms with Gasteiger partial charge in [-0.2, -0.15) is 0 Å². The van der Waals surface area contributed by atoms with E-state index >= 15 is 0 Å². The number of aryl methyl sites for hydroxylation is 1. The van der Waals surface area contributed by atoms with Crippen LogP contribution in [0.5, 0.6) is 0 Å². The van der Waals surface area contributed by atoms with E-state index in [1.54, 1.807) is 0 Å². The van der Waals surface area contributed by atoms with E-state index < -0.39 is 0 Å². The van der Waals surface area contributed by atoms with Crippen LogP contribution >= 0.6 is 11.6 Å². The first-order chi connectivity index (χ1) is 11.6. The third kappa shape index (κ3) is 2.49. The lowest BCUT2D eigenvalue weighted by Crippen LogP contribution is -2.31. The molecule has 122 valence electrons. The van der Waals surface area contributed by atoms with Gasteiger partial charge in [0.05, 0.1) is 6.04 Å². The van der Waals surface area contributed by atoms with Gasteiger partial charge >= 0.3 is 0 Å². The van der Waals surface area contributed by atoms with Gasteiger partial charge in [0.15, 0.2) is 0 Å². The molecular formula is C20H19ClN2O. The summed E-state index contributed by atoms with van der Waals surface area (Å²) in [5.41, 5.74) is 2.92. The molecule has 2 heterocycles. The molecule has 0 aliphatic carbocycles. The van der Waals surface area contributed by atoms with Gasteiger partial charge in [-0.3, -0.25) is 4.79 Å². The van der Waals surface area contributed by atoms with Crippen molar-refractivity contribution >= 4 is 28.4 Å². The molecule has 4 rings (SSSR count). The lowest BCUT2D eigenvalue weighted by molar-refractivity contribution is 0.0726. The highest BCUT2D eigenvalue weighted by Crippen LogP contribution is 2.34. The first-order valence-electron chi connectivity index (χ1n) is 8.26. The lowest BCUT2D eigenvalue weighted by atomic mass is 10.0. The van der Waals surface area contributed by atoms with Crippen LogP contribution in [0.1, 0.15) is 34.9 Å². The second-order valence-corrected chi connectivity index (χ2v) is 6.80.